The quantitative estimate of drug-likeness (QED) is 0.639. The van der Waals surface area contributed by atoms with Crippen LogP contribution in [0.2, 0.25) is 0 Å². The highest BCUT2D eigenvalue weighted by atomic mass is 16.5. The van der Waals surface area contributed by atoms with Crippen molar-refractivity contribution in [2.75, 3.05) is 13.2 Å². The smallest absolute Gasteiger partial charge is 0.0807 e. The zero-order chi connectivity index (χ0) is 11.1. The van der Waals surface area contributed by atoms with Crippen LogP contribution < -0.4 is 0 Å². The fourth-order valence-corrected chi connectivity index (χ4v) is 0.853. The Bertz CT molecular complexity index is 120. The molecule has 0 radical (unpaired) electrons. The monoisotopic (exact) mass is 206 g/mol. The molecule has 86 valence electrons. The van der Waals surface area contributed by atoms with Crippen LogP contribution in [-0.2, 0) is 9.47 Å². The van der Waals surface area contributed by atoms with Gasteiger partial charge in [0.15, 0.2) is 0 Å². The van der Waals surface area contributed by atoms with Crippen molar-refractivity contribution in [3.63, 3.8) is 0 Å². The Hall–Kier alpha value is -0.160. The largest absolute Gasteiger partial charge is 0.391 e. The normalized spacial score (nSPS) is 20.1. The van der Waals surface area contributed by atoms with Gasteiger partial charge < -0.3 is 19.7 Å². The summed E-state index contributed by atoms with van der Waals surface area (Å²) in [6.07, 6.45) is -1.07. The van der Waals surface area contributed by atoms with Gasteiger partial charge in [-0.3, -0.25) is 0 Å². The maximum absolute atomic E-state index is 9.00. The molecule has 4 unspecified atom stereocenters. The van der Waals surface area contributed by atoms with E-state index in [0.29, 0.717) is 13.2 Å². The van der Waals surface area contributed by atoms with E-state index in [9.17, 15) is 0 Å². The minimum Gasteiger partial charge on any atom is -0.391 e. The molecule has 0 aliphatic rings. The Balaban J connectivity index is 3.59. The SMILES string of the molecule is CC(O)COC(C)C(C)OCC(C)O. The van der Waals surface area contributed by atoms with E-state index < -0.39 is 12.2 Å². The van der Waals surface area contributed by atoms with Gasteiger partial charge in [0.25, 0.3) is 0 Å². The lowest BCUT2D eigenvalue weighted by molar-refractivity contribution is -0.0884. The molecule has 4 heteroatoms. The molecule has 0 aromatic rings. The van der Waals surface area contributed by atoms with Gasteiger partial charge in [-0.2, -0.15) is 0 Å². The van der Waals surface area contributed by atoms with Crippen LogP contribution in [0.4, 0.5) is 0 Å². The molecule has 0 aromatic heterocycles. The highest BCUT2D eigenvalue weighted by Gasteiger charge is 2.14. The van der Waals surface area contributed by atoms with Gasteiger partial charge >= 0.3 is 0 Å². The number of aliphatic hydroxyl groups is 2. The molecule has 0 saturated heterocycles. The Labute approximate surface area is 85.8 Å². The molecule has 2 N–H and O–H groups in total. The standard InChI is InChI=1S/C10H22O4/c1-7(11)5-13-9(3)10(4)14-6-8(2)12/h7-12H,5-6H2,1-4H3. The maximum Gasteiger partial charge on any atom is 0.0807 e. The predicted molar refractivity (Wildman–Crippen MR) is 54.2 cm³/mol. The summed E-state index contributed by atoms with van der Waals surface area (Å²) in [5.41, 5.74) is 0. The Morgan fingerprint density at radius 3 is 1.29 bits per heavy atom. The van der Waals surface area contributed by atoms with Gasteiger partial charge in [-0.05, 0) is 27.7 Å². The molecule has 4 atom stereocenters. The fraction of sp³-hybridized carbons (Fsp3) is 1.00. The number of hydrogen-bond donors (Lipinski definition) is 2. The van der Waals surface area contributed by atoms with Crippen molar-refractivity contribution in [2.24, 2.45) is 0 Å². The minimum atomic E-state index is -0.457. The Morgan fingerprint density at radius 2 is 1.07 bits per heavy atom. The van der Waals surface area contributed by atoms with E-state index in [1.165, 1.54) is 0 Å². The topological polar surface area (TPSA) is 58.9 Å². The van der Waals surface area contributed by atoms with Gasteiger partial charge in [-0.15, -0.1) is 0 Å². The third-order valence-electron chi connectivity index (χ3n) is 1.86. The summed E-state index contributed by atoms with van der Waals surface area (Å²) in [6.45, 7) is 7.74. The van der Waals surface area contributed by atoms with Crippen LogP contribution in [0.25, 0.3) is 0 Å². The zero-order valence-electron chi connectivity index (χ0n) is 9.43. The second-order valence-electron chi connectivity index (χ2n) is 3.77. The number of ether oxygens (including phenoxy) is 2. The highest BCUT2D eigenvalue weighted by Crippen LogP contribution is 2.04. The van der Waals surface area contributed by atoms with Crippen molar-refractivity contribution in [3.05, 3.63) is 0 Å². The average molecular weight is 206 g/mol. The molecular weight excluding hydrogens is 184 g/mol. The molecule has 4 nitrogen and oxygen atoms in total. The van der Waals surface area contributed by atoms with Crippen molar-refractivity contribution in [3.8, 4) is 0 Å². The molecule has 14 heavy (non-hydrogen) atoms. The lowest BCUT2D eigenvalue weighted by Gasteiger charge is -2.22. The summed E-state index contributed by atoms with van der Waals surface area (Å²) in [5.74, 6) is 0. The summed E-state index contributed by atoms with van der Waals surface area (Å²) in [6, 6.07) is 0. The van der Waals surface area contributed by atoms with Crippen LogP contribution in [0.3, 0.4) is 0 Å². The van der Waals surface area contributed by atoms with E-state index in [0.717, 1.165) is 0 Å². The summed E-state index contributed by atoms with van der Waals surface area (Å²) < 4.78 is 10.7. The molecule has 0 aromatic carbocycles. The summed E-state index contributed by atoms with van der Waals surface area (Å²) in [4.78, 5) is 0. The molecule has 0 fully saturated rings. The molecule has 0 rings (SSSR count). The summed E-state index contributed by atoms with van der Waals surface area (Å²) in [7, 11) is 0. The average Bonchev–Trinajstić information content (AvgIpc) is 2.09. The second-order valence-corrected chi connectivity index (χ2v) is 3.77. The van der Waals surface area contributed by atoms with Crippen LogP contribution in [0.15, 0.2) is 0 Å². The predicted octanol–water partition coefficient (Wildman–Crippen LogP) is 0.558. The maximum atomic E-state index is 9.00. The zero-order valence-corrected chi connectivity index (χ0v) is 9.43. The van der Waals surface area contributed by atoms with Gasteiger partial charge in [-0.1, -0.05) is 0 Å². The minimum absolute atomic E-state index is 0.0802. The molecule has 0 heterocycles. The third-order valence-corrected chi connectivity index (χ3v) is 1.86. The second kappa shape index (κ2) is 7.17. The van der Waals surface area contributed by atoms with Gasteiger partial charge in [0.2, 0.25) is 0 Å². The van der Waals surface area contributed by atoms with Crippen LogP contribution >= 0.6 is 0 Å². The van der Waals surface area contributed by atoms with E-state index in [1.807, 2.05) is 13.8 Å². The van der Waals surface area contributed by atoms with E-state index in [4.69, 9.17) is 19.7 Å². The molecule has 0 spiro atoms. The van der Waals surface area contributed by atoms with E-state index in [2.05, 4.69) is 0 Å². The Morgan fingerprint density at radius 1 is 0.786 bits per heavy atom. The molecule has 0 saturated carbocycles. The molecule has 0 bridgehead atoms. The highest BCUT2D eigenvalue weighted by molar-refractivity contribution is 4.61. The van der Waals surface area contributed by atoms with Gasteiger partial charge in [0.05, 0.1) is 37.6 Å². The van der Waals surface area contributed by atoms with Crippen molar-refractivity contribution in [2.45, 2.75) is 52.1 Å². The number of aliphatic hydroxyl groups excluding tert-OH is 2. The van der Waals surface area contributed by atoms with Gasteiger partial charge in [0, 0.05) is 0 Å². The molecule has 0 aliphatic heterocycles. The first-order valence-corrected chi connectivity index (χ1v) is 5.02. The van der Waals surface area contributed by atoms with E-state index >= 15 is 0 Å². The van der Waals surface area contributed by atoms with Crippen molar-refractivity contribution in [1.82, 2.24) is 0 Å². The first-order valence-electron chi connectivity index (χ1n) is 5.02. The summed E-state index contributed by atoms with van der Waals surface area (Å²) >= 11 is 0. The lowest BCUT2D eigenvalue weighted by Crippen LogP contribution is -2.30. The van der Waals surface area contributed by atoms with Crippen molar-refractivity contribution in [1.29, 1.82) is 0 Å². The summed E-state index contributed by atoms with van der Waals surface area (Å²) in [5, 5.41) is 18.0. The first kappa shape index (κ1) is 13.8. The molecule has 0 aliphatic carbocycles. The van der Waals surface area contributed by atoms with E-state index in [-0.39, 0.29) is 12.2 Å². The third kappa shape index (κ3) is 7.26. The lowest BCUT2D eigenvalue weighted by atomic mass is 10.2. The molecular formula is C10H22O4. The van der Waals surface area contributed by atoms with Crippen LogP contribution in [0.5, 0.6) is 0 Å². The number of rotatable bonds is 7. The van der Waals surface area contributed by atoms with Crippen molar-refractivity contribution >= 4 is 0 Å². The fourth-order valence-electron chi connectivity index (χ4n) is 0.853. The van der Waals surface area contributed by atoms with Crippen LogP contribution in [0, 0.1) is 0 Å². The first-order chi connectivity index (χ1) is 6.43. The Kier molecular flexibility index (Phi) is 7.09. The van der Waals surface area contributed by atoms with Crippen molar-refractivity contribution < 1.29 is 19.7 Å². The number of hydrogen-bond acceptors (Lipinski definition) is 4. The van der Waals surface area contributed by atoms with Crippen LogP contribution in [0.1, 0.15) is 27.7 Å². The van der Waals surface area contributed by atoms with Gasteiger partial charge in [0.1, 0.15) is 0 Å². The van der Waals surface area contributed by atoms with Gasteiger partial charge in [-0.25, -0.2) is 0 Å². The molecule has 0 amide bonds. The van der Waals surface area contributed by atoms with E-state index in [1.54, 1.807) is 13.8 Å². The van der Waals surface area contributed by atoms with Crippen LogP contribution in [-0.4, -0.2) is 47.8 Å².